The van der Waals surface area contributed by atoms with Gasteiger partial charge >= 0.3 is 0 Å². The number of benzene rings is 1. The predicted molar refractivity (Wildman–Crippen MR) is 95.9 cm³/mol. The molecule has 0 aliphatic carbocycles. The molecule has 4 N–H and O–H groups in total. The highest BCUT2D eigenvalue weighted by Gasteiger charge is 2.32. The van der Waals surface area contributed by atoms with Crippen LogP contribution in [-0.4, -0.2) is 35.9 Å². The standard InChI is InChI=1S/C17H27N5O2/c1-11-9-14(10-12(2)13(11)3)23-7-6-8-24-22-16(19)20-15(18)21-17(22,4)5/h9-10H,6-8H2,1-5H3,(H4,18,19,20,21). The van der Waals surface area contributed by atoms with Crippen LogP contribution < -0.4 is 16.2 Å². The third kappa shape index (κ3) is 4.17. The van der Waals surface area contributed by atoms with E-state index in [-0.39, 0.29) is 11.9 Å². The molecule has 1 aromatic carbocycles. The Kier molecular flexibility index (Phi) is 5.33. The number of guanidine groups is 2. The SMILES string of the molecule is Cc1cc(OCCCON2C(N)=NC(N)=NC2(C)C)cc(C)c1C. The topological polar surface area (TPSA) is 98.5 Å². The Labute approximate surface area is 143 Å². The van der Waals surface area contributed by atoms with Crippen molar-refractivity contribution in [1.82, 2.24) is 5.06 Å². The largest absolute Gasteiger partial charge is 0.493 e. The van der Waals surface area contributed by atoms with Gasteiger partial charge in [-0.25, -0.2) is 4.99 Å². The summed E-state index contributed by atoms with van der Waals surface area (Å²) < 4.78 is 5.80. The first-order valence-corrected chi connectivity index (χ1v) is 8.04. The minimum Gasteiger partial charge on any atom is -0.493 e. The first-order valence-electron chi connectivity index (χ1n) is 8.04. The molecule has 1 aliphatic heterocycles. The summed E-state index contributed by atoms with van der Waals surface area (Å²) in [7, 11) is 0. The summed E-state index contributed by atoms with van der Waals surface area (Å²) in [4.78, 5) is 13.8. The van der Waals surface area contributed by atoms with Crippen molar-refractivity contribution in [1.29, 1.82) is 0 Å². The summed E-state index contributed by atoms with van der Waals surface area (Å²) >= 11 is 0. The molecule has 1 heterocycles. The van der Waals surface area contributed by atoms with Gasteiger partial charge in [0.15, 0.2) is 5.66 Å². The van der Waals surface area contributed by atoms with Crippen molar-refractivity contribution in [3.05, 3.63) is 28.8 Å². The first kappa shape index (κ1) is 18.1. The van der Waals surface area contributed by atoms with E-state index in [1.807, 2.05) is 13.8 Å². The molecule has 132 valence electrons. The molecule has 0 bridgehead atoms. The molecule has 0 aromatic heterocycles. The van der Waals surface area contributed by atoms with Crippen molar-refractivity contribution in [3.63, 3.8) is 0 Å². The lowest BCUT2D eigenvalue weighted by Crippen LogP contribution is -2.53. The van der Waals surface area contributed by atoms with Crippen molar-refractivity contribution in [2.75, 3.05) is 13.2 Å². The number of rotatable bonds is 6. The van der Waals surface area contributed by atoms with Crippen LogP contribution in [0.2, 0.25) is 0 Å². The summed E-state index contributed by atoms with van der Waals surface area (Å²) in [5, 5.41) is 1.48. The lowest BCUT2D eigenvalue weighted by molar-refractivity contribution is -0.158. The maximum Gasteiger partial charge on any atom is 0.226 e. The van der Waals surface area contributed by atoms with Crippen LogP contribution in [0.1, 0.15) is 37.0 Å². The van der Waals surface area contributed by atoms with Gasteiger partial charge in [-0.05, 0) is 63.4 Å². The molecule has 1 aromatic rings. The van der Waals surface area contributed by atoms with Gasteiger partial charge in [-0.2, -0.15) is 10.1 Å². The Bertz CT molecular complexity index is 644. The summed E-state index contributed by atoms with van der Waals surface area (Å²) in [6.07, 6.45) is 0.713. The normalized spacial score (nSPS) is 16.6. The van der Waals surface area contributed by atoms with Crippen LogP contribution >= 0.6 is 0 Å². The van der Waals surface area contributed by atoms with Crippen LogP contribution in [0.4, 0.5) is 0 Å². The van der Waals surface area contributed by atoms with E-state index in [9.17, 15) is 0 Å². The minimum absolute atomic E-state index is 0.158. The van der Waals surface area contributed by atoms with E-state index in [0.717, 1.165) is 5.75 Å². The van der Waals surface area contributed by atoms with Crippen LogP contribution in [-0.2, 0) is 4.84 Å². The molecular weight excluding hydrogens is 306 g/mol. The van der Waals surface area contributed by atoms with Gasteiger partial charge in [-0.1, -0.05) is 0 Å². The molecule has 0 radical (unpaired) electrons. The average Bonchev–Trinajstić information content (AvgIpc) is 2.45. The van der Waals surface area contributed by atoms with E-state index < -0.39 is 5.66 Å². The van der Waals surface area contributed by atoms with Gasteiger partial charge in [0.1, 0.15) is 5.75 Å². The van der Waals surface area contributed by atoms with Gasteiger partial charge in [-0.3, -0.25) is 4.84 Å². The maximum absolute atomic E-state index is 5.86. The molecule has 0 saturated heterocycles. The van der Waals surface area contributed by atoms with Crippen molar-refractivity contribution >= 4 is 11.9 Å². The molecule has 2 rings (SSSR count). The number of hydrogen-bond acceptors (Lipinski definition) is 7. The molecule has 7 nitrogen and oxygen atoms in total. The monoisotopic (exact) mass is 333 g/mol. The van der Waals surface area contributed by atoms with E-state index in [0.29, 0.717) is 19.6 Å². The second-order valence-corrected chi connectivity index (χ2v) is 6.45. The summed E-state index contributed by atoms with van der Waals surface area (Å²) in [6, 6.07) is 4.11. The number of nitrogens with two attached hydrogens (primary N) is 2. The third-order valence-electron chi connectivity index (χ3n) is 4.00. The molecule has 24 heavy (non-hydrogen) atoms. The molecule has 0 saturated carbocycles. The van der Waals surface area contributed by atoms with Crippen molar-refractivity contribution in [3.8, 4) is 5.75 Å². The Morgan fingerprint density at radius 2 is 1.71 bits per heavy atom. The van der Waals surface area contributed by atoms with E-state index in [2.05, 4.69) is 42.9 Å². The molecule has 1 aliphatic rings. The number of aliphatic imine (C=N–C) groups is 2. The van der Waals surface area contributed by atoms with E-state index in [1.54, 1.807) is 0 Å². The van der Waals surface area contributed by atoms with Gasteiger partial charge in [0.25, 0.3) is 0 Å². The van der Waals surface area contributed by atoms with Gasteiger partial charge < -0.3 is 16.2 Å². The fourth-order valence-electron chi connectivity index (χ4n) is 2.50. The van der Waals surface area contributed by atoms with Crippen molar-refractivity contribution in [2.45, 2.75) is 46.7 Å². The maximum atomic E-state index is 5.86. The highest BCUT2D eigenvalue weighted by molar-refractivity contribution is 5.95. The van der Waals surface area contributed by atoms with Crippen LogP contribution in [0, 0.1) is 20.8 Å². The van der Waals surface area contributed by atoms with Crippen LogP contribution in [0.5, 0.6) is 5.75 Å². The Balaban J connectivity index is 1.81. The van der Waals surface area contributed by atoms with Gasteiger partial charge in [-0.15, -0.1) is 0 Å². The fraction of sp³-hybridized carbons (Fsp3) is 0.529. The summed E-state index contributed by atoms with van der Waals surface area (Å²) in [5.74, 6) is 1.25. The molecule has 0 spiro atoms. The Hall–Kier alpha value is -2.28. The molecule has 0 fully saturated rings. The number of aryl methyl sites for hydroxylation is 2. The zero-order chi connectivity index (χ0) is 17.9. The minimum atomic E-state index is -0.679. The smallest absolute Gasteiger partial charge is 0.226 e. The lowest BCUT2D eigenvalue weighted by Gasteiger charge is -2.36. The van der Waals surface area contributed by atoms with Crippen molar-refractivity contribution in [2.24, 2.45) is 21.5 Å². The van der Waals surface area contributed by atoms with E-state index in [4.69, 9.17) is 21.0 Å². The first-order chi connectivity index (χ1) is 11.2. The third-order valence-corrected chi connectivity index (χ3v) is 4.00. The lowest BCUT2D eigenvalue weighted by atomic mass is 10.0. The predicted octanol–water partition coefficient (Wildman–Crippen LogP) is 1.99. The zero-order valence-electron chi connectivity index (χ0n) is 15.1. The molecule has 0 unspecified atom stereocenters. The van der Waals surface area contributed by atoms with E-state index >= 15 is 0 Å². The Morgan fingerprint density at radius 1 is 1.08 bits per heavy atom. The molecule has 0 atom stereocenters. The Morgan fingerprint density at radius 3 is 2.29 bits per heavy atom. The quantitative estimate of drug-likeness (QED) is 0.776. The second-order valence-electron chi connectivity index (χ2n) is 6.45. The molecular formula is C17H27N5O2. The summed E-state index contributed by atoms with van der Waals surface area (Å²) in [6.45, 7) is 11.0. The molecule has 7 heteroatoms. The highest BCUT2D eigenvalue weighted by atomic mass is 16.7. The number of hydroxylamine groups is 2. The van der Waals surface area contributed by atoms with Crippen LogP contribution in [0.15, 0.2) is 22.1 Å². The second kappa shape index (κ2) is 7.09. The van der Waals surface area contributed by atoms with Crippen molar-refractivity contribution < 1.29 is 9.57 Å². The van der Waals surface area contributed by atoms with E-state index in [1.165, 1.54) is 21.8 Å². The average molecular weight is 333 g/mol. The fourth-order valence-corrected chi connectivity index (χ4v) is 2.50. The van der Waals surface area contributed by atoms with Gasteiger partial charge in [0, 0.05) is 6.42 Å². The number of nitrogens with zero attached hydrogens (tertiary/aromatic N) is 3. The molecule has 0 amide bonds. The van der Waals surface area contributed by atoms with Gasteiger partial charge in [0.2, 0.25) is 11.9 Å². The number of ether oxygens (including phenoxy) is 1. The summed E-state index contributed by atoms with van der Waals surface area (Å²) in [5.41, 5.74) is 14.6. The van der Waals surface area contributed by atoms with Gasteiger partial charge in [0.05, 0.1) is 13.2 Å². The highest BCUT2D eigenvalue weighted by Crippen LogP contribution is 2.22. The van der Waals surface area contributed by atoms with Crippen LogP contribution in [0.3, 0.4) is 0 Å². The number of hydrogen-bond donors (Lipinski definition) is 2. The van der Waals surface area contributed by atoms with Crippen LogP contribution in [0.25, 0.3) is 0 Å². The zero-order valence-corrected chi connectivity index (χ0v) is 15.1.